The first-order chi connectivity index (χ1) is 15.9. The summed E-state index contributed by atoms with van der Waals surface area (Å²) in [5.74, 6) is 0.889. The number of phenolic OH excluding ortho intramolecular Hbond substituents is 1. The van der Waals surface area contributed by atoms with E-state index in [0.29, 0.717) is 30.9 Å². The summed E-state index contributed by atoms with van der Waals surface area (Å²) < 4.78 is 10.5. The van der Waals surface area contributed by atoms with E-state index in [4.69, 9.17) is 9.47 Å². The van der Waals surface area contributed by atoms with Gasteiger partial charge in [0.05, 0.1) is 14.2 Å². The second-order valence-corrected chi connectivity index (χ2v) is 7.74. The summed E-state index contributed by atoms with van der Waals surface area (Å²) in [4.78, 5) is 38.2. The van der Waals surface area contributed by atoms with Crippen molar-refractivity contribution in [3.63, 3.8) is 0 Å². The number of aromatic hydroxyl groups is 1. The van der Waals surface area contributed by atoms with Crippen LogP contribution in [0.3, 0.4) is 0 Å². The normalized spacial score (nSPS) is 15.3. The number of nitrogens with one attached hydrogen (secondary N) is 2. The fraction of sp³-hybridized carbons (Fsp3) is 0.375. The zero-order valence-electron chi connectivity index (χ0n) is 18.8. The summed E-state index contributed by atoms with van der Waals surface area (Å²) in [5, 5.41) is 14.8. The number of benzene rings is 2. The number of rotatable bonds is 11. The molecular weight excluding hydrogens is 426 g/mol. The van der Waals surface area contributed by atoms with Gasteiger partial charge in [-0.3, -0.25) is 14.5 Å². The van der Waals surface area contributed by atoms with E-state index in [1.165, 1.54) is 4.90 Å². The van der Waals surface area contributed by atoms with Crippen LogP contribution in [0.2, 0.25) is 0 Å². The molecule has 9 heteroatoms. The molecule has 3 N–H and O–H groups in total. The van der Waals surface area contributed by atoms with Gasteiger partial charge in [-0.2, -0.15) is 0 Å². The predicted octanol–water partition coefficient (Wildman–Crippen LogP) is 2.01. The molecule has 0 saturated carbocycles. The van der Waals surface area contributed by atoms with Crippen molar-refractivity contribution in [3.8, 4) is 17.2 Å². The average Bonchev–Trinajstić information content (AvgIpc) is 3.09. The standard InChI is InChI=1S/C24H29N3O6/c1-32-20-9-5-17(15-21(20)33-2)12-14-27-23(30)19(26-24(27)31)8-10-22(29)25-13-11-16-3-6-18(28)7-4-16/h3-7,9,15,19,28H,8,10-14H2,1-2H3,(H,25,29)(H,26,31)/t19-/m1/s1. The maximum absolute atomic E-state index is 12.6. The van der Waals surface area contributed by atoms with Crippen molar-refractivity contribution >= 4 is 17.8 Å². The second kappa shape index (κ2) is 11.2. The first kappa shape index (κ1) is 23.9. The smallest absolute Gasteiger partial charge is 0.324 e. The molecule has 9 nitrogen and oxygen atoms in total. The van der Waals surface area contributed by atoms with Crippen molar-refractivity contribution in [2.24, 2.45) is 0 Å². The van der Waals surface area contributed by atoms with Crippen molar-refractivity contribution in [2.75, 3.05) is 27.3 Å². The van der Waals surface area contributed by atoms with Gasteiger partial charge in [0, 0.05) is 19.5 Å². The number of carbonyl (C=O) groups excluding carboxylic acids is 3. The third-order valence-corrected chi connectivity index (χ3v) is 5.51. The van der Waals surface area contributed by atoms with Gasteiger partial charge in [0.2, 0.25) is 5.91 Å². The Hall–Kier alpha value is -3.75. The number of methoxy groups -OCH3 is 2. The van der Waals surface area contributed by atoms with Crippen LogP contribution in [0, 0.1) is 0 Å². The minimum absolute atomic E-state index is 0.135. The Morgan fingerprint density at radius 3 is 2.42 bits per heavy atom. The van der Waals surface area contributed by atoms with Gasteiger partial charge in [-0.25, -0.2) is 4.79 Å². The molecule has 0 spiro atoms. The van der Waals surface area contributed by atoms with Gasteiger partial charge in [0.25, 0.3) is 5.91 Å². The number of imide groups is 1. The maximum atomic E-state index is 12.6. The third-order valence-electron chi connectivity index (χ3n) is 5.51. The van der Waals surface area contributed by atoms with Gasteiger partial charge >= 0.3 is 6.03 Å². The number of urea groups is 1. The Kier molecular flexibility index (Phi) is 8.12. The number of ether oxygens (including phenoxy) is 2. The second-order valence-electron chi connectivity index (χ2n) is 7.74. The molecule has 1 heterocycles. The van der Waals surface area contributed by atoms with Gasteiger partial charge in [-0.15, -0.1) is 0 Å². The van der Waals surface area contributed by atoms with Gasteiger partial charge in [-0.05, 0) is 54.7 Å². The van der Waals surface area contributed by atoms with Crippen molar-refractivity contribution < 1.29 is 29.0 Å². The molecule has 1 atom stereocenters. The summed E-state index contributed by atoms with van der Waals surface area (Å²) in [6.45, 7) is 0.682. The largest absolute Gasteiger partial charge is 0.508 e. The summed E-state index contributed by atoms with van der Waals surface area (Å²) in [5.41, 5.74) is 1.90. The Morgan fingerprint density at radius 2 is 1.73 bits per heavy atom. The number of hydrogen-bond donors (Lipinski definition) is 3. The van der Waals surface area contributed by atoms with Crippen molar-refractivity contribution in [3.05, 3.63) is 53.6 Å². The van der Waals surface area contributed by atoms with E-state index in [0.717, 1.165) is 11.1 Å². The van der Waals surface area contributed by atoms with Crippen molar-refractivity contribution in [1.82, 2.24) is 15.5 Å². The molecule has 0 radical (unpaired) electrons. The minimum atomic E-state index is -0.703. The van der Waals surface area contributed by atoms with Crippen LogP contribution in [0.4, 0.5) is 4.79 Å². The number of hydrogen-bond acceptors (Lipinski definition) is 6. The highest BCUT2D eigenvalue weighted by Crippen LogP contribution is 2.28. The molecular formula is C24H29N3O6. The molecule has 4 amide bonds. The predicted molar refractivity (Wildman–Crippen MR) is 121 cm³/mol. The average molecular weight is 456 g/mol. The zero-order valence-corrected chi connectivity index (χ0v) is 18.8. The monoisotopic (exact) mass is 455 g/mol. The molecule has 1 saturated heterocycles. The van der Waals surface area contributed by atoms with Gasteiger partial charge in [-0.1, -0.05) is 18.2 Å². The molecule has 2 aromatic carbocycles. The fourth-order valence-corrected chi connectivity index (χ4v) is 3.63. The number of nitrogens with zero attached hydrogens (tertiary/aromatic N) is 1. The highest BCUT2D eigenvalue weighted by Gasteiger charge is 2.37. The topological polar surface area (TPSA) is 117 Å². The Labute approximate surface area is 192 Å². The van der Waals surface area contributed by atoms with Gasteiger partial charge in [0.1, 0.15) is 11.8 Å². The van der Waals surface area contributed by atoms with Crippen LogP contribution in [0.1, 0.15) is 24.0 Å². The maximum Gasteiger partial charge on any atom is 0.324 e. The Bertz CT molecular complexity index is 992. The Balaban J connectivity index is 1.42. The van der Waals surface area contributed by atoms with Gasteiger partial charge < -0.3 is 25.2 Å². The summed E-state index contributed by atoms with van der Waals surface area (Å²) in [7, 11) is 3.11. The molecule has 0 unspecified atom stereocenters. The summed E-state index contributed by atoms with van der Waals surface area (Å²) in [6.07, 6.45) is 1.48. The third kappa shape index (κ3) is 6.38. The van der Waals surface area contributed by atoms with E-state index in [-0.39, 0.29) is 37.0 Å². The van der Waals surface area contributed by atoms with Crippen LogP contribution < -0.4 is 20.1 Å². The Morgan fingerprint density at radius 1 is 1.03 bits per heavy atom. The molecule has 3 rings (SSSR count). The first-order valence-corrected chi connectivity index (χ1v) is 10.8. The lowest BCUT2D eigenvalue weighted by Crippen LogP contribution is -2.34. The molecule has 33 heavy (non-hydrogen) atoms. The first-order valence-electron chi connectivity index (χ1n) is 10.8. The number of amides is 4. The zero-order chi connectivity index (χ0) is 23.8. The highest BCUT2D eigenvalue weighted by atomic mass is 16.5. The summed E-state index contributed by atoms with van der Waals surface area (Å²) in [6, 6.07) is 11.1. The minimum Gasteiger partial charge on any atom is -0.508 e. The lowest BCUT2D eigenvalue weighted by Gasteiger charge is -2.14. The van der Waals surface area contributed by atoms with E-state index in [1.54, 1.807) is 44.6 Å². The fourth-order valence-electron chi connectivity index (χ4n) is 3.63. The summed E-state index contributed by atoms with van der Waals surface area (Å²) >= 11 is 0. The lowest BCUT2D eigenvalue weighted by molar-refractivity contribution is -0.127. The van der Waals surface area contributed by atoms with Crippen molar-refractivity contribution in [1.29, 1.82) is 0 Å². The highest BCUT2D eigenvalue weighted by molar-refractivity contribution is 6.04. The molecule has 2 aromatic rings. The molecule has 0 aliphatic carbocycles. The number of carbonyl (C=O) groups is 3. The van der Waals surface area contributed by atoms with E-state index in [9.17, 15) is 19.5 Å². The lowest BCUT2D eigenvalue weighted by atomic mass is 10.1. The molecule has 1 aliphatic rings. The number of phenols is 1. The van der Waals surface area contributed by atoms with E-state index in [2.05, 4.69) is 10.6 Å². The van der Waals surface area contributed by atoms with Crippen LogP contribution in [-0.4, -0.2) is 61.2 Å². The SMILES string of the molecule is COc1ccc(CCN2C(=O)N[C@H](CCC(=O)NCCc3ccc(O)cc3)C2=O)cc1OC. The van der Waals surface area contributed by atoms with Crippen LogP contribution in [0.25, 0.3) is 0 Å². The van der Waals surface area contributed by atoms with Gasteiger partial charge in [0.15, 0.2) is 11.5 Å². The van der Waals surface area contributed by atoms with Crippen LogP contribution in [0.5, 0.6) is 17.2 Å². The van der Waals surface area contributed by atoms with E-state index in [1.807, 2.05) is 12.1 Å². The van der Waals surface area contributed by atoms with Crippen LogP contribution in [-0.2, 0) is 22.4 Å². The molecule has 176 valence electrons. The van der Waals surface area contributed by atoms with E-state index >= 15 is 0 Å². The molecule has 1 aliphatic heterocycles. The quantitative estimate of drug-likeness (QED) is 0.446. The molecule has 0 aromatic heterocycles. The van der Waals surface area contributed by atoms with Crippen LogP contribution >= 0.6 is 0 Å². The van der Waals surface area contributed by atoms with Crippen molar-refractivity contribution in [2.45, 2.75) is 31.7 Å². The molecule has 0 bridgehead atoms. The molecule has 1 fully saturated rings. The van der Waals surface area contributed by atoms with E-state index < -0.39 is 12.1 Å². The van der Waals surface area contributed by atoms with Crippen LogP contribution in [0.15, 0.2) is 42.5 Å².